The zero-order valence-electron chi connectivity index (χ0n) is 12.3. The third-order valence-electron chi connectivity index (χ3n) is 4.93. The maximum absolute atomic E-state index is 12.9. The van der Waals surface area contributed by atoms with Gasteiger partial charge in [0.05, 0.1) is 12.1 Å². The van der Waals surface area contributed by atoms with E-state index in [0.717, 1.165) is 35.3 Å². The van der Waals surface area contributed by atoms with Gasteiger partial charge in [-0.05, 0) is 42.4 Å². The van der Waals surface area contributed by atoms with E-state index in [4.69, 9.17) is 4.98 Å². The molecule has 4 heteroatoms. The van der Waals surface area contributed by atoms with Gasteiger partial charge >= 0.3 is 0 Å². The van der Waals surface area contributed by atoms with E-state index in [1.807, 2.05) is 10.6 Å². The van der Waals surface area contributed by atoms with Crippen molar-refractivity contribution < 1.29 is 0 Å². The zero-order valence-corrected chi connectivity index (χ0v) is 13.1. The van der Waals surface area contributed by atoms with Gasteiger partial charge in [-0.3, -0.25) is 9.36 Å². The molecule has 0 N–H and O–H groups in total. The summed E-state index contributed by atoms with van der Waals surface area (Å²) in [4.78, 5) is 19.3. The number of benzene rings is 1. The molecule has 0 atom stereocenters. The van der Waals surface area contributed by atoms with E-state index >= 15 is 0 Å². The lowest BCUT2D eigenvalue weighted by Gasteiger charge is -2.20. The lowest BCUT2D eigenvalue weighted by atomic mass is 9.97. The SMILES string of the molecule is O=c1c2sc3c(c2nc2n1Cc1ccccc1C2)CCCC3. The minimum atomic E-state index is 0.161. The van der Waals surface area contributed by atoms with Crippen LogP contribution in [0.25, 0.3) is 10.2 Å². The Bertz CT molecular complexity index is 967. The number of aryl methyl sites for hydroxylation is 2. The molecule has 2 aliphatic rings. The Labute approximate surface area is 132 Å². The highest BCUT2D eigenvalue weighted by molar-refractivity contribution is 7.19. The molecule has 110 valence electrons. The molecule has 1 aromatic carbocycles. The number of nitrogens with zero attached hydrogens (tertiary/aromatic N) is 2. The Hall–Kier alpha value is -1.94. The van der Waals surface area contributed by atoms with Crippen LogP contribution in [0.5, 0.6) is 0 Å². The molecule has 22 heavy (non-hydrogen) atoms. The molecule has 3 aromatic rings. The van der Waals surface area contributed by atoms with Crippen LogP contribution in [0.15, 0.2) is 29.1 Å². The number of thiophene rings is 1. The Morgan fingerprint density at radius 3 is 2.82 bits per heavy atom. The van der Waals surface area contributed by atoms with E-state index in [0.29, 0.717) is 6.54 Å². The molecule has 0 saturated carbocycles. The van der Waals surface area contributed by atoms with Gasteiger partial charge in [-0.2, -0.15) is 0 Å². The summed E-state index contributed by atoms with van der Waals surface area (Å²) in [5.74, 6) is 0.933. The molecule has 5 rings (SSSR count). The largest absolute Gasteiger partial charge is 0.291 e. The van der Waals surface area contributed by atoms with E-state index in [2.05, 4.69) is 18.2 Å². The van der Waals surface area contributed by atoms with E-state index in [1.54, 1.807) is 11.3 Å². The maximum Gasteiger partial charge on any atom is 0.271 e. The average Bonchev–Trinajstić information content (AvgIpc) is 2.93. The minimum absolute atomic E-state index is 0.161. The summed E-state index contributed by atoms with van der Waals surface area (Å²) < 4.78 is 2.75. The fraction of sp³-hybridized carbons (Fsp3) is 0.333. The Morgan fingerprint density at radius 1 is 1.09 bits per heavy atom. The summed E-state index contributed by atoms with van der Waals surface area (Å²) in [7, 11) is 0. The Morgan fingerprint density at radius 2 is 1.91 bits per heavy atom. The average molecular weight is 308 g/mol. The fourth-order valence-corrected chi connectivity index (χ4v) is 5.04. The van der Waals surface area contributed by atoms with Gasteiger partial charge in [0.15, 0.2) is 0 Å². The summed E-state index contributed by atoms with van der Waals surface area (Å²) in [5.41, 5.74) is 5.06. The molecule has 0 unspecified atom stereocenters. The molecule has 3 heterocycles. The maximum atomic E-state index is 12.9. The van der Waals surface area contributed by atoms with Gasteiger partial charge in [-0.15, -0.1) is 11.3 Å². The van der Waals surface area contributed by atoms with Gasteiger partial charge in [0.1, 0.15) is 10.5 Å². The van der Waals surface area contributed by atoms with Gasteiger partial charge in [0, 0.05) is 11.3 Å². The first-order valence-electron chi connectivity index (χ1n) is 7.92. The predicted molar refractivity (Wildman–Crippen MR) is 88.9 cm³/mol. The topological polar surface area (TPSA) is 34.9 Å². The molecule has 2 aromatic heterocycles. The highest BCUT2D eigenvalue weighted by Crippen LogP contribution is 2.34. The molecule has 0 saturated heterocycles. The second kappa shape index (κ2) is 4.53. The first kappa shape index (κ1) is 12.6. The molecule has 0 amide bonds. The Kier molecular flexibility index (Phi) is 2.59. The van der Waals surface area contributed by atoms with Gasteiger partial charge in [-0.25, -0.2) is 4.98 Å². The first-order valence-corrected chi connectivity index (χ1v) is 8.73. The van der Waals surface area contributed by atoms with Gasteiger partial charge < -0.3 is 0 Å². The quantitative estimate of drug-likeness (QED) is 0.499. The number of hydrogen-bond acceptors (Lipinski definition) is 3. The highest BCUT2D eigenvalue weighted by Gasteiger charge is 2.24. The van der Waals surface area contributed by atoms with Crippen molar-refractivity contribution >= 4 is 21.6 Å². The molecular weight excluding hydrogens is 292 g/mol. The van der Waals surface area contributed by atoms with Crippen LogP contribution in [0, 0.1) is 0 Å². The number of hydrogen-bond donors (Lipinski definition) is 0. The van der Waals surface area contributed by atoms with Gasteiger partial charge in [-0.1, -0.05) is 24.3 Å². The van der Waals surface area contributed by atoms with Crippen molar-refractivity contribution in [1.82, 2.24) is 9.55 Å². The van der Waals surface area contributed by atoms with E-state index < -0.39 is 0 Å². The lowest BCUT2D eigenvalue weighted by molar-refractivity contribution is 0.658. The number of rotatable bonds is 0. The second-order valence-electron chi connectivity index (χ2n) is 6.25. The van der Waals surface area contributed by atoms with Crippen molar-refractivity contribution in [2.24, 2.45) is 0 Å². The smallest absolute Gasteiger partial charge is 0.271 e. The number of aromatic nitrogens is 2. The van der Waals surface area contributed by atoms with E-state index in [9.17, 15) is 4.79 Å². The molecule has 0 fully saturated rings. The van der Waals surface area contributed by atoms with Crippen LogP contribution in [0.1, 0.15) is 40.2 Å². The van der Waals surface area contributed by atoms with Crippen LogP contribution in [0.4, 0.5) is 0 Å². The molecule has 1 aliphatic heterocycles. The second-order valence-corrected chi connectivity index (χ2v) is 7.36. The van der Waals surface area contributed by atoms with Crippen LogP contribution in [-0.4, -0.2) is 9.55 Å². The van der Waals surface area contributed by atoms with Crippen molar-refractivity contribution in [2.45, 2.75) is 38.6 Å². The normalized spacial score (nSPS) is 16.2. The van der Waals surface area contributed by atoms with Crippen LogP contribution < -0.4 is 5.56 Å². The third-order valence-corrected chi connectivity index (χ3v) is 6.20. The summed E-state index contributed by atoms with van der Waals surface area (Å²) in [6, 6.07) is 8.38. The predicted octanol–water partition coefficient (Wildman–Crippen LogP) is 3.29. The van der Waals surface area contributed by atoms with Gasteiger partial charge in [0.25, 0.3) is 5.56 Å². The summed E-state index contributed by atoms with van der Waals surface area (Å²) in [6.45, 7) is 0.663. The molecule has 1 aliphatic carbocycles. The monoisotopic (exact) mass is 308 g/mol. The molecular formula is C18H16N2OS. The third kappa shape index (κ3) is 1.67. The van der Waals surface area contributed by atoms with Gasteiger partial charge in [0.2, 0.25) is 0 Å². The van der Waals surface area contributed by atoms with Crippen molar-refractivity contribution in [3.63, 3.8) is 0 Å². The van der Waals surface area contributed by atoms with Crippen LogP contribution in [-0.2, 0) is 25.8 Å². The summed E-state index contributed by atoms with van der Waals surface area (Å²) >= 11 is 1.68. The van der Waals surface area contributed by atoms with E-state index in [1.165, 1.54) is 34.4 Å². The van der Waals surface area contributed by atoms with Crippen molar-refractivity contribution in [2.75, 3.05) is 0 Å². The van der Waals surface area contributed by atoms with E-state index in [-0.39, 0.29) is 5.56 Å². The first-order chi connectivity index (χ1) is 10.8. The van der Waals surface area contributed by atoms with Crippen molar-refractivity contribution in [1.29, 1.82) is 0 Å². The fourth-order valence-electron chi connectivity index (χ4n) is 3.76. The molecule has 0 radical (unpaired) electrons. The Balaban J connectivity index is 1.78. The molecule has 0 spiro atoms. The standard InChI is InChI=1S/C18H16N2OS/c21-18-17-16(13-7-3-4-8-14(13)22-17)19-15-9-11-5-1-2-6-12(11)10-20(15)18/h1-2,5-6H,3-4,7-10H2. The minimum Gasteiger partial charge on any atom is -0.291 e. The molecule has 3 nitrogen and oxygen atoms in total. The highest BCUT2D eigenvalue weighted by atomic mass is 32.1. The summed E-state index contributed by atoms with van der Waals surface area (Å²) in [5, 5.41) is 0. The van der Waals surface area contributed by atoms with Crippen LogP contribution >= 0.6 is 11.3 Å². The van der Waals surface area contributed by atoms with Crippen LogP contribution in [0.2, 0.25) is 0 Å². The summed E-state index contributed by atoms with van der Waals surface area (Å²) in [6.07, 6.45) is 5.44. The lowest BCUT2D eigenvalue weighted by Crippen LogP contribution is -2.29. The van der Waals surface area contributed by atoms with Crippen molar-refractivity contribution in [3.05, 3.63) is 62.0 Å². The molecule has 0 bridgehead atoms. The zero-order chi connectivity index (χ0) is 14.7. The van der Waals surface area contributed by atoms with Crippen LogP contribution in [0.3, 0.4) is 0 Å². The van der Waals surface area contributed by atoms with Crippen molar-refractivity contribution in [3.8, 4) is 0 Å². The number of fused-ring (bicyclic) bond motifs is 5.